The Bertz CT molecular complexity index is 384. The second kappa shape index (κ2) is 4.11. The molecule has 1 saturated heterocycles. The minimum absolute atomic E-state index is 0.0853. The number of nitrogens with zero attached hydrogens (tertiary/aromatic N) is 3. The lowest BCUT2D eigenvalue weighted by Crippen LogP contribution is -2.37. The molecule has 2 rings (SSSR count). The number of rotatable bonds is 4. The molecule has 0 aromatic rings. The highest BCUT2D eigenvalue weighted by atomic mass is 16.7. The molecule has 0 aliphatic carbocycles. The van der Waals surface area contributed by atoms with Crippen molar-refractivity contribution in [3.05, 3.63) is 0 Å². The van der Waals surface area contributed by atoms with Crippen LogP contribution in [0.25, 0.3) is 0 Å². The maximum Gasteiger partial charge on any atom is 0.432 e. The van der Waals surface area contributed by atoms with E-state index in [2.05, 4.69) is 20.4 Å². The average Bonchev–Trinajstić information content (AvgIpc) is 2.92. The molecule has 0 atom stereocenters. The third-order valence-corrected chi connectivity index (χ3v) is 2.49. The van der Waals surface area contributed by atoms with Crippen molar-refractivity contribution in [2.24, 2.45) is 10.2 Å². The van der Waals surface area contributed by atoms with Gasteiger partial charge in [-0.05, 0) is 6.92 Å². The van der Waals surface area contributed by atoms with E-state index in [1.807, 2.05) is 6.92 Å². The molecular weight excluding hydrogens is 228 g/mol. The minimum Gasteiger partial charge on any atom is -0.319 e. The molecular formula is C9H12N4O4. The summed E-state index contributed by atoms with van der Waals surface area (Å²) in [6.07, 6.45) is -0.0914. The van der Waals surface area contributed by atoms with Crippen LogP contribution >= 0.6 is 0 Å². The van der Waals surface area contributed by atoms with E-state index in [9.17, 15) is 14.4 Å². The van der Waals surface area contributed by atoms with Gasteiger partial charge in [-0.15, -0.1) is 5.06 Å². The highest BCUT2D eigenvalue weighted by Gasteiger charge is 2.34. The molecule has 1 fully saturated rings. The Morgan fingerprint density at radius 3 is 2.53 bits per heavy atom. The molecule has 2 aliphatic rings. The maximum atomic E-state index is 11.3. The minimum atomic E-state index is -0.821. The van der Waals surface area contributed by atoms with Crippen molar-refractivity contribution in [1.82, 2.24) is 10.4 Å². The van der Waals surface area contributed by atoms with Gasteiger partial charge in [0.1, 0.15) is 0 Å². The Kier molecular flexibility index (Phi) is 2.78. The number of hydrogen-bond donors (Lipinski definition) is 1. The van der Waals surface area contributed by atoms with Crippen LogP contribution in [0.5, 0.6) is 0 Å². The average molecular weight is 240 g/mol. The predicted molar refractivity (Wildman–Crippen MR) is 53.4 cm³/mol. The third kappa shape index (κ3) is 2.77. The van der Waals surface area contributed by atoms with Crippen LogP contribution in [0.3, 0.4) is 0 Å². The second-order valence-corrected chi connectivity index (χ2v) is 4.05. The number of nitrogens with one attached hydrogen (secondary N) is 1. The number of amides is 3. The summed E-state index contributed by atoms with van der Waals surface area (Å²) in [4.78, 5) is 38.1. The zero-order valence-corrected chi connectivity index (χ0v) is 9.30. The van der Waals surface area contributed by atoms with Crippen LogP contribution in [0.1, 0.15) is 26.2 Å². The zero-order valence-electron chi connectivity index (χ0n) is 9.30. The van der Waals surface area contributed by atoms with Crippen LogP contribution in [0.2, 0.25) is 0 Å². The van der Waals surface area contributed by atoms with Gasteiger partial charge in [0.05, 0.1) is 0 Å². The Balaban J connectivity index is 1.69. The lowest BCUT2D eigenvalue weighted by molar-refractivity contribution is -0.171. The lowest BCUT2D eigenvalue weighted by Gasteiger charge is -2.13. The maximum absolute atomic E-state index is 11.3. The van der Waals surface area contributed by atoms with E-state index in [1.54, 1.807) is 0 Å². The number of carbonyl (C=O) groups excluding carboxylic acids is 3. The Morgan fingerprint density at radius 2 is 2.00 bits per heavy atom. The summed E-state index contributed by atoms with van der Waals surface area (Å²) in [6, 6.07) is 0. The number of hydrogen-bond acceptors (Lipinski definition) is 6. The summed E-state index contributed by atoms with van der Waals surface area (Å²) in [5, 5.41) is 10.5. The third-order valence-electron chi connectivity index (χ3n) is 2.49. The standard InChI is InChI=1S/C9H12N4O4/c1-9(11-12-9)4-5-10-8(16)17-13-6(14)2-3-7(13)15/h2-5H2,1H3,(H,10,16). The van der Waals surface area contributed by atoms with Gasteiger partial charge in [-0.25, -0.2) is 4.79 Å². The fraction of sp³-hybridized carbons (Fsp3) is 0.667. The fourth-order valence-corrected chi connectivity index (χ4v) is 1.36. The smallest absolute Gasteiger partial charge is 0.319 e. The van der Waals surface area contributed by atoms with Gasteiger partial charge in [-0.2, -0.15) is 10.2 Å². The second-order valence-electron chi connectivity index (χ2n) is 4.05. The van der Waals surface area contributed by atoms with Gasteiger partial charge in [0.25, 0.3) is 11.8 Å². The van der Waals surface area contributed by atoms with E-state index < -0.39 is 23.6 Å². The van der Waals surface area contributed by atoms with Crippen LogP contribution in [-0.2, 0) is 14.4 Å². The van der Waals surface area contributed by atoms with E-state index in [4.69, 9.17) is 0 Å². The van der Waals surface area contributed by atoms with Gasteiger partial charge in [-0.3, -0.25) is 9.59 Å². The van der Waals surface area contributed by atoms with Crippen molar-refractivity contribution in [2.45, 2.75) is 31.8 Å². The van der Waals surface area contributed by atoms with Gasteiger partial charge in [-0.1, -0.05) is 0 Å². The van der Waals surface area contributed by atoms with E-state index in [0.29, 0.717) is 18.0 Å². The van der Waals surface area contributed by atoms with E-state index >= 15 is 0 Å². The fourth-order valence-electron chi connectivity index (χ4n) is 1.36. The van der Waals surface area contributed by atoms with Crippen molar-refractivity contribution >= 4 is 17.9 Å². The lowest BCUT2D eigenvalue weighted by atomic mass is 10.2. The molecule has 0 radical (unpaired) electrons. The zero-order chi connectivity index (χ0) is 12.5. The quantitative estimate of drug-likeness (QED) is 0.716. The molecule has 0 bridgehead atoms. The number of hydroxylamine groups is 2. The van der Waals surface area contributed by atoms with Crippen molar-refractivity contribution in [2.75, 3.05) is 6.54 Å². The summed E-state index contributed by atoms with van der Waals surface area (Å²) in [7, 11) is 0. The highest BCUT2D eigenvalue weighted by molar-refractivity contribution is 6.01. The van der Waals surface area contributed by atoms with Crippen LogP contribution in [-0.4, -0.2) is 35.2 Å². The molecule has 0 saturated carbocycles. The van der Waals surface area contributed by atoms with Crippen molar-refractivity contribution in [3.63, 3.8) is 0 Å². The summed E-state index contributed by atoms with van der Waals surface area (Å²) < 4.78 is 0. The van der Waals surface area contributed by atoms with Gasteiger partial charge in [0, 0.05) is 25.8 Å². The van der Waals surface area contributed by atoms with Gasteiger partial charge >= 0.3 is 6.09 Å². The van der Waals surface area contributed by atoms with Crippen LogP contribution in [0.4, 0.5) is 4.79 Å². The first-order valence-corrected chi connectivity index (χ1v) is 5.26. The Labute approximate surface area is 97.0 Å². The first-order chi connectivity index (χ1) is 8.00. The van der Waals surface area contributed by atoms with Crippen LogP contribution in [0.15, 0.2) is 10.2 Å². The topological polar surface area (TPSA) is 100 Å². The summed E-state index contributed by atoms with van der Waals surface area (Å²) >= 11 is 0. The Hall–Kier alpha value is -1.99. The summed E-state index contributed by atoms with van der Waals surface area (Å²) in [5.41, 5.74) is -0.396. The number of carbonyl (C=O) groups is 3. The van der Waals surface area contributed by atoms with E-state index in [0.717, 1.165) is 0 Å². The monoisotopic (exact) mass is 240 g/mol. The molecule has 3 amide bonds. The van der Waals surface area contributed by atoms with Crippen LogP contribution < -0.4 is 5.32 Å². The van der Waals surface area contributed by atoms with Gasteiger partial charge < -0.3 is 10.2 Å². The van der Waals surface area contributed by atoms with Crippen LogP contribution in [0, 0.1) is 0 Å². The summed E-state index contributed by atoms with van der Waals surface area (Å²) in [6.45, 7) is 2.14. The molecule has 2 aliphatic heterocycles. The first-order valence-electron chi connectivity index (χ1n) is 5.26. The molecule has 1 N–H and O–H groups in total. The normalized spacial score (nSPS) is 20.6. The molecule has 92 valence electrons. The molecule has 8 nitrogen and oxygen atoms in total. The molecule has 17 heavy (non-hydrogen) atoms. The largest absolute Gasteiger partial charge is 0.432 e. The number of imide groups is 1. The molecule has 2 heterocycles. The molecule has 0 unspecified atom stereocenters. The first kappa shape index (κ1) is 11.5. The van der Waals surface area contributed by atoms with E-state index in [1.165, 1.54) is 0 Å². The Morgan fingerprint density at radius 1 is 1.41 bits per heavy atom. The van der Waals surface area contributed by atoms with Crippen molar-refractivity contribution in [3.8, 4) is 0 Å². The SMILES string of the molecule is CC1(CCNC(=O)ON2C(=O)CCC2=O)N=N1. The molecule has 0 aromatic heterocycles. The van der Waals surface area contributed by atoms with E-state index in [-0.39, 0.29) is 12.8 Å². The van der Waals surface area contributed by atoms with Gasteiger partial charge in [0.2, 0.25) is 0 Å². The molecule has 0 aromatic carbocycles. The van der Waals surface area contributed by atoms with Crippen molar-refractivity contribution < 1.29 is 19.2 Å². The van der Waals surface area contributed by atoms with Gasteiger partial charge in [0.15, 0.2) is 5.66 Å². The predicted octanol–water partition coefficient (Wildman–Crippen LogP) is 0.349. The highest BCUT2D eigenvalue weighted by Crippen LogP contribution is 2.29. The summed E-state index contributed by atoms with van der Waals surface area (Å²) in [5.74, 6) is -0.992. The van der Waals surface area contributed by atoms with Crippen molar-refractivity contribution in [1.29, 1.82) is 0 Å². The molecule has 0 spiro atoms. The molecule has 8 heteroatoms.